The van der Waals surface area contributed by atoms with Crippen LogP contribution >= 0.6 is 0 Å². The fourth-order valence-corrected chi connectivity index (χ4v) is 3.85. The first-order chi connectivity index (χ1) is 14.5. The zero-order valence-electron chi connectivity index (χ0n) is 17.6. The number of halogens is 1. The number of nitrogens with zero attached hydrogens (tertiary/aromatic N) is 1. The smallest absolute Gasteiger partial charge is 0.263 e. The maximum atomic E-state index is 13.6. The van der Waals surface area contributed by atoms with Crippen LogP contribution in [0.2, 0.25) is 0 Å². The summed E-state index contributed by atoms with van der Waals surface area (Å²) in [6.07, 6.45) is 12.7. The SMILES string of the molecule is CCCCCCCCCCCCc1cc2[n+]([O-])c3cc(F)c(O)cc3oc-2cc1=O. The first kappa shape index (κ1) is 22.1. The number of aryl methyl sites for hydroxylation is 1. The molecule has 0 aromatic heterocycles. The van der Waals surface area contributed by atoms with Crippen molar-refractivity contribution < 1.29 is 18.6 Å². The highest BCUT2D eigenvalue weighted by Gasteiger charge is 2.23. The van der Waals surface area contributed by atoms with Gasteiger partial charge in [0.1, 0.15) is 0 Å². The van der Waals surface area contributed by atoms with Gasteiger partial charge < -0.3 is 14.7 Å². The molecule has 5 nitrogen and oxygen atoms in total. The lowest BCUT2D eigenvalue weighted by Gasteiger charge is -2.11. The Kier molecular flexibility index (Phi) is 7.66. The summed E-state index contributed by atoms with van der Waals surface area (Å²) in [5, 5.41) is 22.2. The number of aromatic hydroxyl groups is 1. The Morgan fingerprint density at radius 3 is 2.27 bits per heavy atom. The zero-order chi connectivity index (χ0) is 21.5. The van der Waals surface area contributed by atoms with Crippen LogP contribution in [0.4, 0.5) is 4.39 Å². The van der Waals surface area contributed by atoms with Crippen LogP contribution in [-0.2, 0) is 6.42 Å². The van der Waals surface area contributed by atoms with Crippen LogP contribution in [0.3, 0.4) is 0 Å². The number of aromatic nitrogens is 1. The van der Waals surface area contributed by atoms with Gasteiger partial charge >= 0.3 is 0 Å². The van der Waals surface area contributed by atoms with Crippen molar-refractivity contribution in [1.82, 2.24) is 0 Å². The molecule has 0 saturated heterocycles. The van der Waals surface area contributed by atoms with E-state index < -0.39 is 11.6 Å². The minimum atomic E-state index is -0.896. The van der Waals surface area contributed by atoms with E-state index >= 15 is 0 Å². The van der Waals surface area contributed by atoms with Crippen molar-refractivity contribution in [2.24, 2.45) is 0 Å². The molecule has 0 bridgehead atoms. The van der Waals surface area contributed by atoms with Crippen LogP contribution in [0.5, 0.6) is 5.75 Å². The number of fused-ring (bicyclic) bond motifs is 2. The van der Waals surface area contributed by atoms with E-state index in [1.165, 1.54) is 51.0 Å². The van der Waals surface area contributed by atoms with E-state index in [1.807, 2.05) is 0 Å². The number of rotatable bonds is 11. The van der Waals surface area contributed by atoms with Gasteiger partial charge in [0.15, 0.2) is 17.0 Å². The predicted molar refractivity (Wildman–Crippen MR) is 115 cm³/mol. The Hall–Kier alpha value is -2.63. The molecule has 1 aliphatic carbocycles. The van der Waals surface area contributed by atoms with Gasteiger partial charge in [0.25, 0.3) is 11.2 Å². The van der Waals surface area contributed by atoms with Crippen molar-refractivity contribution >= 4 is 11.1 Å². The van der Waals surface area contributed by atoms with Crippen molar-refractivity contribution in [2.45, 2.75) is 77.6 Å². The monoisotopic (exact) mass is 415 g/mol. The van der Waals surface area contributed by atoms with Crippen LogP contribution in [-0.4, -0.2) is 5.11 Å². The molecule has 6 heteroatoms. The third-order valence-corrected chi connectivity index (χ3v) is 5.63. The van der Waals surface area contributed by atoms with Gasteiger partial charge in [-0.05, 0) is 12.8 Å². The van der Waals surface area contributed by atoms with Gasteiger partial charge in [-0.3, -0.25) is 4.79 Å². The number of hydrogen-bond donors (Lipinski definition) is 1. The summed E-state index contributed by atoms with van der Waals surface area (Å²) in [6.45, 7) is 2.22. The van der Waals surface area contributed by atoms with Crippen molar-refractivity contribution in [2.75, 3.05) is 0 Å². The fraction of sp³-hybridized carbons (Fsp3) is 0.500. The molecule has 3 rings (SSSR count). The van der Waals surface area contributed by atoms with Crippen molar-refractivity contribution in [3.63, 3.8) is 0 Å². The molecule has 0 unspecified atom stereocenters. The van der Waals surface area contributed by atoms with E-state index in [4.69, 9.17) is 4.42 Å². The zero-order valence-corrected chi connectivity index (χ0v) is 17.6. The van der Waals surface area contributed by atoms with Crippen LogP contribution < -0.4 is 10.2 Å². The summed E-state index contributed by atoms with van der Waals surface area (Å²) in [6, 6.07) is 4.83. The third kappa shape index (κ3) is 5.29. The molecule has 0 atom stereocenters. The second kappa shape index (κ2) is 10.4. The van der Waals surface area contributed by atoms with E-state index in [1.54, 1.807) is 6.07 Å². The Balaban J connectivity index is 1.60. The molecule has 1 N–H and O–H groups in total. The van der Waals surface area contributed by atoms with Gasteiger partial charge in [0.05, 0.1) is 6.07 Å². The van der Waals surface area contributed by atoms with E-state index in [0.717, 1.165) is 31.4 Å². The van der Waals surface area contributed by atoms with E-state index in [9.17, 15) is 19.5 Å². The highest BCUT2D eigenvalue weighted by molar-refractivity contribution is 5.73. The Morgan fingerprint density at radius 1 is 0.967 bits per heavy atom. The lowest BCUT2D eigenvalue weighted by molar-refractivity contribution is -0.566. The number of benzene rings is 2. The van der Waals surface area contributed by atoms with E-state index in [0.29, 0.717) is 16.7 Å². The van der Waals surface area contributed by atoms with Crippen molar-refractivity contribution in [3.05, 3.63) is 51.1 Å². The first-order valence-electron chi connectivity index (χ1n) is 11.0. The molecule has 0 amide bonds. The van der Waals surface area contributed by atoms with E-state index in [-0.39, 0.29) is 28.0 Å². The molecule has 1 aliphatic heterocycles. The molecule has 1 heterocycles. The predicted octanol–water partition coefficient (Wildman–Crippen LogP) is 5.84. The van der Waals surface area contributed by atoms with Gasteiger partial charge in [0.2, 0.25) is 11.3 Å². The lowest BCUT2D eigenvalue weighted by Crippen LogP contribution is -2.32. The van der Waals surface area contributed by atoms with Crippen molar-refractivity contribution in [1.29, 1.82) is 0 Å². The summed E-state index contributed by atoms with van der Waals surface area (Å²) in [4.78, 5) is 12.4. The highest BCUT2D eigenvalue weighted by atomic mass is 19.1. The number of phenolic OH excluding ortho intramolecular Hbond substituents is 1. The van der Waals surface area contributed by atoms with Crippen LogP contribution in [0.15, 0.2) is 33.5 Å². The normalized spacial score (nSPS) is 11.5. The second-order valence-corrected chi connectivity index (χ2v) is 8.03. The Bertz CT molecular complexity index is 1010. The maximum absolute atomic E-state index is 13.6. The van der Waals surface area contributed by atoms with Crippen LogP contribution in [0.25, 0.3) is 22.6 Å². The molecule has 0 radical (unpaired) electrons. The standard InChI is InChI=1S/C24H30FNO4/c1-2-3-4-5-6-7-8-9-10-11-12-17-13-19-23(15-21(17)27)30-24-16-22(28)18(25)14-20(24)26(19)29/h13-16,28H,2-12H2,1H3. The summed E-state index contributed by atoms with van der Waals surface area (Å²) < 4.78 is 19.8. The molecule has 1 aromatic carbocycles. The lowest BCUT2D eigenvalue weighted by atomic mass is 10.0. The quantitative estimate of drug-likeness (QED) is 0.185. The largest absolute Gasteiger partial charge is 0.618 e. The first-order valence-corrected chi connectivity index (χ1v) is 11.0. The topological polar surface area (TPSA) is 77.4 Å². The summed E-state index contributed by atoms with van der Waals surface area (Å²) in [5.74, 6) is -1.38. The Morgan fingerprint density at radius 2 is 1.60 bits per heavy atom. The van der Waals surface area contributed by atoms with Gasteiger partial charge in [-0.1, -0.05) is 64.7 Å². The fourth-order valence-electron chi connectivity index (χ4n) is 3.85. The van der Waals surface area contributed by atoms with E-state index in [2.05, 4.69) is 6.92 Å². The number of phenols is 1. The molecule has 162 valence electrons. The minimum Gasteiger partial charge on any atom is -0.618 e. The van der Waals surface area contributed by atoms with Crippen LogP contribution in [0, 0.1) is 11.0 Å². The summed E-state index contributed by atoms with van der Waals surface area (Å²) in [7, 11) is 0. The molecular weight excluding hydrogens is 385 g/mol. The van der Waals surface area contributed by atoms with Gasteiger partial charge in [0, 0.05) is 23.8 Å². The molecule has 0 saturated carbocycles. The second-order valence-electron chi connectivity index (χ2n) is 8.03. The molecule has 2 aliphatic rings. The third-order valence-electron chi connectivity index (χ3n) is 5.63. The average molecular weight is 416 g/mol. The molecule has 30 heavy (non-hydrogen) atoms. The summed E-state index contributed by atoms with van der Waals surface area (Å²) >= 11 is 0. The molecule has 0 fully saturated rings. The average Bonchev–Trinajstić information content (AvgIpc) is 2.72. The molecule has 0 spiro atoms. The minimum absolute atomic E-state index is 0.0262. The maximum Gasteiger partial charge on any atom is 0.263 e. The van der Waals surface area contributed by atoms with Crippen LogP contribution in [0.1, 0.15) is 76.7 Å². The molecular formula is C24H30FNO4. The number of unbranched alkanes of at least 4 members (excludes halogenated alkanes) is 9. The van der Waals surface area contributed by atoms with Gasteiger partial charge in [-0.2, -0.15) is 4.73 Å². The molecule has 1 aromatic rings. The number of hydrogen-bond acceptors (Lipinski definition) is 4. The highest BCUT2D eigenvalue weighted by Crippen LogP contribution is 2.27. The van der Waals surface area contributed by atoms with Gasteiger partial charge in [-0.15, -0.1) is 0 Å². The van der Waals surface area contributed by atoms with Crippen molar-refractivity contribution in [3.8, 4) is 17.2 Å². The Labute approximate surface area is 176 Å². The summed E-state index contributed by atoms with van der Waals surface area (Å²) in [5.41, 5.74) is 0.585. The van der Waals surface area contributed by atoms with Gasteiger partial charge in [-0.25, -0.2) is 4.39 Å².